The maximum atomic E-state index is 13.1. The van der Waals surface area contributed by atoms with E-state index in [1.165, 1.54) is 0 Å². The van der Waals surface area contributed by atoms with Gasteiger partial charge in [0, 0.05) is 16.7 Å². The SMILES string of the molecule is CC1(N)c2ccc(C(=O)c3ccc(C=NN4CCOCC4)cc3)cc2CCC1CC(=O)O. The summed E-state index contributed by atoms with van der Waals surface area (Å²) in [5.74, 6) is -1.00. The molecule has 2 aromatic rings. The van der Waals surface area contributed by atoms with Crippen LogP contribution < -0.4 is 5.73 Å². The number of ether oxygens (including phenoxy) is 1. The lowest BCUT2D eigenvalue weighted by Crippen LogP contribution is -2.45. The van der Waals surface area contributed by atoms with Crippen LogP contribution in [0.2, 0.25) is 0 Å². The highest BCUT2D eigenvalue weighted by Gasteiger charge is 2.38. The van der Waals surface area contributed by atoms with E-state index in [0.717, 1.165) is 36.2 Å². The van der Waals surface area contributed by atoms with Gasteiger partial charge in [0.1, 0.15) is 0 Å². The number of nitrogens with two attached hydrogens (primary N) is 1. The molecule has 2 aliphatic rings. The number of nitrogens with zero attached hydrogens (tertiary/aromatic N) is 2. The molecule has 2 unspecified atom stereocenters. The number of aryl methyl sites for hydroxylation is 1. The lowest BCUT2D eigenvalue weighted by Gasteiger charge is -2.39. The molecule has 0 aromatic heterocycles. The van der Waals surface area contributed by atoms with Crippen molar-refractivity contribution in [3.8, 4) is 0 Å². The number of carboxylic acid groups (broad SMARTS) is 1. The molecule has 32 heavy (non-hydrogen) atoms. The fraction of sp³-hybridized carbons (Fsp3) is 0.400. The third kappa shape index (κ3) is 4.74. The number of benzene rings is 2. The third-order valence-electron chi connectivity index (χ3n) is 6.51. The molecule has 2 atom stereocenters. The van der Waals surface area contributed by atoms with Gasteiger partial charge in [-0.05, 0) is 48.4 Å². The van der Waals surface area contributed by atoms with Gasteiger partial charge in [-0.15, -0.1) is 0 Å². The molecule has 0 spiro atoms. The monoisotopic (exact) mass is 435 g/mol. The number of aliphatic carboxylic acids is 1. The summed E-state index contributed by atoms with van der Waals surface area (Å²) < 4.78 is 5.32. The van der Waals surface area contributed by atoms with Crippen LogP contribution in [-0.4, -0.2) is 54.4 Å². The van der Waals surface area contributed by atoms with Crippen molar-refractivity contribution in [3.63, 3.8) is 0 Å². The van der Waals surface area contributed by atoms with Crippen molar-refractivity contribution in [2.24, 2.45) is 16.8 Å². The van der Waals surface area contributed by atoms with Crippen molar-refractivity contribution in [3.05, 3.63) is 70.3 Å². The summed E-state index contributed by atoms with van der Waals surface area (Å²) in [6.07, 6.45) is 3.27. The van der Waals surface area contributed by atoms with Gasteiger partial charge in [-0.25, -0.2) is 0 Å². The fourth-order valence-corrected chi connectivity index (χ4v) is 4.55. The zero-order chi connectivity index (χ0) is 22.7. The van der Waals surface area contributed by atoms with Crippen molar-refractivity contribution < 1.29 is 19.4 Å². The van der Waals surface area contributed by atoms with Gasteiger partial charge in [0.25, 0.3) is 0 Å². The molecule has 1 fully saturated rings. The molecule has 1 heterocycles. The number of carbonyl (C=O) groups excluding carboxylic acids is 1. The molecule has 1 aliphatic heterocycles. The summed E-state index contributed by atoms with van der Waals surface area (Å²) in [6, 6.07) is 13.0. The van der Waals surface area contributed by atoms with Gasteiger partial charge in [-0.3, -0.25) is 14.6 Å². The average Bonchev–Trinajstić information content (AvgIpc) is 2.80. The summed E-state index contributed by atoms with van der Waals surface area (Å²) in [4.78, 5) is 24.3. The van der Waals surface area contributed by atoms with Crippen LogP contribution in [0.1, 0.15) is 52.4 Å². The topological polar surface area (TPSA) is 105 Å². The first kappa shape index (κ1) is 22.2. The Morgan fingerprint density at radius 2 is 1.88 bits per heavy atom. The highest BCUT2D eigenvalue weighted by molar-refractivity contribution is 6.09. The quantitative estimate of drug-likeness (QED) is 0.534. The molecule has 4 rings (SSSR count). The molecule has 0 amide bonds. The number of ketones is 1. The van der Waals surface area contributed by atoms with Crippen molar-refractivity contribution >= 4 is 18.0 Å². The minimum absolute atomic E-state index is 0.0455. The second kappa shape index (κ2) is 9.22. The summed E-state index contributed by atoms with van der Waals surface area (Å²) in [5, 5.41) is 15.6. The second-order valence-electron chi connectivity index (χ2n) is 8.75. The standard InChI is InChI=1S/C25H29N3O4/c1-25(26)21(15-23(29)30)8-6-19-14-20(7-9-22(19)25)24(31)18-4-2-17(3-5-18)16-27-28-10-12-32-13-11-28/h2-5,7,9,14,16,21H,6,8,10-13,15,26H2,1H3,(H,29,30). The van der Waals surface area contributed by atoms with Crippen molar-refractivity contribution in [1.82, 2.24) is 5.01 Å². The first-order valence-electron chi connectivity index (χ1n) is 11.0. The predicted molar refractivity (Wildman–Crippen MR) is 122 cm³/mol. The molecule has 168 valence electrons. The number of rotatable bonds is 6. The van der Waals surface area contributed by atoms with E-state index in [1.54, 1.807) is 12.3 Å². The Morgan fingerprint density at radius 3 is 2.56 bits per heavy atom. The smallest absolute Gasteiger partial charge is 0.303 e. The van der Waals surface area contributed by atoms with E-state index >= 15 is 0 Å². The molecule has 7 nitrogen and oxygen atoms in total. The Bertz CT molecular complexity index is 1020. The van der Waals surface area contributed by atoms with Gasteiger partial charge in [0.15, 0.2) is 5.78 Å². The van der Waals surface area contributed by atoms with E-state index < -0.39 is 11.5 Å². The van der Waals surface area contributed by atoms with E-state index in [2.05, 4.69) is 5.10 Å². The number of hydrazone groups is 1. The Morgan fingerprint density at radius 1 is 1.19 bits per heavy atom. The predicted octanol–water partition coefficient (Wildman–Crippen LogP) is 2.79. The van der Waals surface area contributed by atoms with Crippen LogP contribution in [0, 0.1) is 5.92 Å². The van der Waals surface area contributed by atoms with Gasteiger partial charge < -0.3 is 15.6 Å². The van der Waals surface area contributed by atoms with E-state index in [4.69, 9.17) is 10.5 Å². The van der Waals surface area contributed by atoms with Crippen LogP contribution in [0.3, 0.4) is 0 Å². The summed E-state index contributed by atoms with van der Waals surface area (Å²) >= 11 is 0. The van der Waals surface area contributed by atoms with Gasteiger partial charge >= 0.3 is 5.97 Å². The lowest BCUT2D eigenvalue weighted by molar-refractivity contribution is -0.138. The molecule has 2 aromatic carbocycles. The van der Waals surface area contributed by atoms with Gasteiger partial charge in [-0.1, -0.05) is 36.4 Å². The van der Waals surface area contributed by atoms with Crippen molar-refractivity contribution in [2.45, 2.75) is 31.7 Å². The molecule has 1 saturated heterocycles. The average molecular weight is 436 g/mol. The number of hydrogen-bond donors (Lipinski definition) is 2. The number of morpholine rings is 1. The van der Waals surface area contributed by atoms with Crippen molar-refractivity contribution in [1.29, 1.82) is 0 Å². The highest BCUT2D eigenvalue weighted by atomic mass is 16.5. The summed E-state index contributed by atoms with van der Waals surface area (Å²) in [6.45, 7) is 4.83. The normalized spacial score (nSPS) is 23.2. The van der Waals surface area contributed by atoms with E-state index in [0.29, 0.717) is 30.8 Å². The minimum Gasteiger partial charge on any atom is -0.481 e. The first-order chi connectivity index (χ1) is 15.3. The van der Waals surface area contributed by atoms with E-state index in [1.807, 2.05) is 48.3 Å². The minimum atomic E-state index is -0.833. The number of carbonyl (C=O) groups is 2. The number of fused-ring (bicyclic) bond motifs is 1. The summed E-state index contributed by atoms with van der Waals surface area (Å²) in [5.41, 5.74) is 9.94. The Labute approximate surface area is 187 Å². The fourth-order valence-electron chi connectivity index (χ4n) is 4.55. The molecular formula is C25H29N3O4. The van der Waals surface area contributed by atoms with Gasteiger partial charge in [-0.2, -0.15) is 5.10 Å². The zero-order valence-corrected chi connectivity index (χ0v) is 18.3. The van der Waals surface area contributed by atoms with Crippen LogP contribution in [-0.2, 0) is 21.5 Å². The maximum absolute atomic E-state index is 13.1. The van der Waals surface area contributed by atoms with Gasteiger partial charge in [0.2, 0.25) is 0 Å². The summed E-state index contributed by atoms with van der Waals surface area (Å²) in [7, 11) is 0. The van der Waals surface area contributed by atoms with Crippen LogP contribution >= 0.6 is 0 Å². The molecule has 7 heteroatoms. The lowest BCUT2D eigenvalue weighted by atomic mass is 9.69. The Kier molecular flexibility index (Phi) is 6.39. The van der Waals surface area contributed by atoms with Crippen LogP contribution in [0.4, 0.5) is 0 Å². The van der Waals surface area contributed by atoms with E-state index in [-0.39, 0.29) is 18.1 Å². The van der Waals surface area contributed by atoms with Crippen LogP contribution in [0.15, 0.2) is 47.6 Å². The maximum Gasteiger partial charge on any atom is 0.303 e. The molecule has 0 radical (unpaired) electrons. The zero-order valence-electron chi connectivity index (χ0n) is 18.3. The second-order valence-corrected chi connectivity index (χ2v) is 8.75. The third-order valence-corrected chi connectivity index (χ3v) is 6.51. The number of hydrogen-bond acceptors (Lipinski definition) is 6. The molecule has 0 saturated carbocycles. The van der Waals surface area contributed by atoms with Crippen LogP contribution in [0.25, 0.3) is 0 Å². The Hall–Kier alpha value is -3.03. The van der Waals surface area contributed by atoms with E-state index in [9.17, 15) is 14.7 Å². The molecule has 0 bridgehead atoms. The largest absolute Gasteiger partial charge is 0.481 e. The van der Waals surface area contributed by atoms with Gasteiger partial charge in [0.05, 0.1) is 38.9 Å². The van der Waals surface area contributed by atoms with Crippen molar-refractivity contribution in [2.75, 3.05) is 26.3 Å². The first-order valence-corrected chi connectivity index (χ1v) is 11.0. The molecule has 1 aliphatic carbocycles. The highest BCUT2D eigenvalue weighted by Crippen LogP contribution is 2.40. The molecular weight excluding hydrogens is 406 g/mol. The molecule has 3 N–H and O–H groups in total. The number of carboxylic acids is 1. The van der Waals surface area contributed by atoms with Crippen LogP contribution in [0.5, 0.6) is 0 Å². The Balaban J connectivity index is 1.48.